The number of nitrogens with zero attached hydrogens (tertiary/aromatic N) is 2. The number of pyridine rings is 2. The molecule has 6 nitrogen and oxygen atoms in total. The van der Waals surface area contributed by atoms with Crippen molar-refractivity contribution in [1.29, 1.82) is 0 Å². The van der Waals surface area contributed by atoms with E-state index in [1.54, 1.807) is 68.0 Å². The normalized spacial score (nSPS) is 10.0. The lowest BCUT2D eigenvalue weighted by atomic mass is 10.2. The van der Waals surface area contributed by atoms with E-state index in [1.807, 2.05) is 0 Å². The second-order valence-corrected chi connectivity index (χ2v) is 4.86. The minimum Gasteiger partial charge on any atom is -0.497 e. The van der Waals surface area contributed by atoms with E-state index in [0.29, 0.717) is 22.9 Å². The highest BCUT2D eigenvalue weighted by Crippen LogP contribution is 2.22. The topological polar surface area (TPSA) is 73.3 Å². The molecule has 1 N–H and O–H groups in total. The molecule has 1 aromatic carbocycles. The van der Waals surface area contributed by atoms with Crippen LogP contribution in [-0.2, 0) is 0 Å². The Balaban J connectivity index is 1.65. The summed E-state index contributed by atoms with van der Waals surface area (Å²) in [5, 5.41) is 2.74. The summed E-state index contributed by atoms with van der Waals surface area (Å²) in [6.45, 7) is 0. The molecule has 3 aromatic rings. The molecule has 6 heteroatoms. The van der Waals surface area contributed by atoms with Crippen molar-refractivity contribution in [1.82, 2.24) is 9.97 Å². The van der Waals surface area contributed by atoms with E-state index in [2.05, 4.69) is 15.3 Å². The molecular weight excluding hydrogens is 306 g/mol. The van der Waals surface area contributed by atoms with Crippen LogP contribution in [0.15, 0.2) is 67.1 Å². The Hall–Kier alpha value is -3.41. The summed E-state index contributed by atoms with van der Waals surface area (Å²) in [4.78, 5) is 20.2. The zero-order chi connectivity index (χ0) is 16.8. The van der Waals surface area contributed by atoms with Gasteiger partial charge in [-0.2, -0.15) is 0 Å². The maximum absolute atomic E-state index is 12.1. The van der Waals surface area contributed by atoms with Crippen LogP contribution < -0.4 is 14.8 Å². The van der Waals surface area contributed by atoms with Gasteiger partial charge in [-0.05, 0) is 42.5 Å². The number of aromatic nitrogens is 2. The number of methoxy groups -OCH3 is 1. The van der Waals surface area contributed by atoms with Gasteiger partial charge in [0.25, 0.3) is 5.91 Å². The van der Waals surface area contributed by atoms with Gasteiger partial charge in [0.15, 0.2) is 0 Å². The number of benzene rings is 1. The number of amides is 1. The largest absolute Gasteiger partial charge is 0.497 e. The smallest absolute Gasteiger partial charge is 0.257 e. The first-order valence-corrected chi connectivity index (χ1v) is 7.24. The number of hydrogen-bond donors (Lipinski definition) is 1. The van der Waals surface area contributed by atoms with Crippen LogP contribution in [0.4, 0.5) is 5.69 Å². The van der Waals surface area contributed by atoms with Crippen molar-refractivity contribution in [2.75, 3.05) is 12.4 Å². The number of nitrogens with one attached hydrogen (secondary N) is 1. The fourth-order valence-corrected chi connectivity index (χ4v) is 1.98. The third-order valence-electron chi connectivity index (χ3n) is 3.20. The first-order valence-electron chi connectivity index (χ1n) is 7.24. The predicted molar refractivity (Wildman–Crippen MR) is 89.5 cm³/mol. The zero-order valence-corrected chi connectivity index (χ0v) is 13.0. The maximum Gasteiger partial charge on any atom is 0.257 e. The van der Waals surface area contributed by atoms with E-state index in [1.165, 1.54) is 6.20 Å². The molecule has 1 amide bonds. The van der Waals surface area contributed by atoms with Crippen LogP contribution in [0.1, 0.15) is 10.4 Å². The van der Waals surface area contributed by atoms with Crippen molar-refractivity contribution < 1.29 is 14.3 Å². The molecule has 0 saturated carbocycles. The molecular formula is C18H15N3O3. The van der Waals surface area contributed by atoms with E-state index >= 15 is 0 Å². The van der Waals surface area contributed by atoms with Gasteiger partial charge < -0.3 is 14.8 Å². The number of carbonyl (C=O) groups is 1. The zero-order valence-electron chi connectivity index (χ0n) is 13.0. The van der Waals surface area contributed by atoms with Crippen LogP contribution >= 0.6 is 0 Å². The number of ether oxygens (including phenoxy) is 2. The number of anilines is 1. The molecule has 0 atom stereocenters. The highest BCUT2D eigenvalue weighted by Gasteiger charge is 2.07. The van der Waals surface area contributed by atoms with Crippen molar-refractivity contribution in [2.45, 2.75) is 0 Å². The molecule has 120 valence electrons. The average molecular weight is 321 g/mol. The predicted octanol–water partition coefficient (Wildman–Crippen LogP) is 3.53. The molecule has 0 radical (unpaired) electrons. The van der Waals surface area contributed by atoms with Crippen LogP contribution in [0.3, 0.4) is 0 Å². The first-order chi connectivity index (χ1) is 11.7. The molecule has 0 aliphatic carbocycles. The minimum atomic E-state index is -0.258. The monoisotopic (exact) mass is 321 g/mol. The van der Waals surface area contributed by atoms with E-state index in [4.69, 9.17) is 9.47 Å². The Bertz CT molecular complexity index is 803. The summed E-state index contributed by atoms with van der Waals surface area (Å²) in [5.74, 6) is 1.53. The standard InChI is InChI=1S/C18H15N3O3/c1-23-15-5-7-16(8-6-15)24-17-9-4-13(11-20-17)18(22)21-14-3-2-10-19-12-14/h2-12H,1H3,(H,21,22). The Labute approximate surface area is 139 Å². The van der Waals surface area contributed by atoms with E-state index < -0.39 is 0 Å². The van der Waals surface area contributed by atoms with Crippen LogP contribution in [0.25, 0.3) is 0 Å². The van der Waals surface area contributed by atoms with Crippen molar-refractivity contribution in [3.63, 3.8) is 0 Å². The Kier molecular flexibility index (Phi) is 4.67. The molecule has 2 heterocycles. The van der Waals surface area contributed by atoms with Crippen LogP contribution in [-0.4, -0.2) is 23.0 Å². The highest BCUT2D eigenvalue weighted by molar-refractivity contribution is 6.03. The van der Waals surface area contributed by atoms with E-state index in [-0.39, 0.29) is 5.91 Å². The van der Waals surface area contributed by atoms with Gasteiger partial charge in [0.05, 0.1) is 24.6 Å². The lowest BCUT2D eigenvalue weighted by Gasteiger charge is -2.07. The Morgan fingerprint density at radius 1 is 1.00 bits per heavy atom. The van der Waals surface area contributed by atoms with Gasteiger partial charge >= 0.3 is 0 Å². The van der Waals surface area contributed by atoms with E-state index in [0.717, 1.165) is 5.75 Å². The summed E-state index contributed by atoms with van der Waals surface area (Å²) < 4.78 is 10.7. The van der Waals surface area contributed by atoms with Gasteiger partial charge in [-0.1, -0.05) is 0 Å². The quantitative estimate of drug-likeness (QED) is 0.778. The molecule has 0 bridgehead atoms. The molecule has 0 aliphatic heterocycles. The lowest BCUT2D eigenvalue weighted by Crippen LogP contribution is -2.12. The van der Waals surface area contributed by atoms with Crippen LogP contribution in [0, 0.1) is 0 Å². The summed E-state index contributed by atoms with van der Waals surface area (Å²) in [6, 6.07) is 14.0. The average Bonchev–Trinajstić information content (AvgIpc) is 2.64. The minimum absolute atomic E-state index is 0.258. The molecule has 24 heavy (non-hydrogen) atoms. The third-order valence-corrected chi connectivity index (χ3v) is 3.20. The maximum atomic E-state index is 12.1. The van der Waals surface area contributed by atoms with Crippen molar-refractivity contribution in [3.8, 4) is 17.4 Å². The van der Waals surface area contributed by atoms with Gasteiger partial charge in [-0.3, -0.25) is 9.78 Å². The van der Waals surface area contributed by atoms with Gasteiger partial charge in [-0.15, -0.1) is 0 Å². The van der Waals surface area contributed by atoms with Gasteiger partial charge in [-0.25, -0.2) is 4.98 Å². The fraction of sp³-hybridized carbons (Fsp3) is 0.0556. The van der Waals surface area contributed by atoms with Crippen molar-refractivity contribution in [3.05, 3.63) is 72.7 Å². The summed E-state index contributed by atoms with van der Waals surface area (Å²) in [5.41, 5.74) is 1.06. The molecule has 0 aliphatic rings. The Morgan fingerprint density at radius 2 is 1.79 bits per heavy atom. The SMILES string of the molecule is COc1ccc(Oc2ccc(C(=O)Nc3cccnc3)cn2)cc1. The fourth-order valence-electron chi connectivity index (χ4n) is 1.98. The molecule has 0 fully saturated rings. The number of rotatable bonds is 5. The summed E-state index contributed by atoms with van der Waals surface area (Å²) >= 11 is 0. The van der Waals surface area contributed by atoms with Gasteiger partial charge in [0.1, 0.15) is 11.5 Å². The molecule has 0 unspecified atom stereocenters. The lowest BCUT2D eigenvalue weighted by molar-refractivity contribution is 0.102. The van der Waals surface area contributed by atoms with Crippen molar-refractivity contribution >= 4 is 11.6 Å². The van der Waals surface area contributed by atoms with Crippen LogP contribution in [0.2, 0.25) is 0 Å². The Morgan fingerprint density at radius 3 is 2.42 bits per heavy atom. The molecule has 0 spiro atoms. The summed E-state index contributed by atoms with van der Waals surface area (Å²) in [7, 11) is 1.60. The first kappa shape index (κ1) is 15.5. The summed E-state index contributed by atoms with van der Waals surface area (Å²) in [6.07, 6.45) is 4.68. The molecule has 0 saturated heterocycles. The second-order valence-electron chi connectivity index (χ2n) is 4.86. The third kappa shape index (κ3) is 3.86. The van der Waals surface area contributed by atoms with E-state index in [9.17, 15) is 4.79 Å². The van der Waals surface area contributed by atoms with Crippen LogP contribution in [0.5, 0.6) is 17.4 Å². The number of carbonyl (C=O) groups excluding carboxylic acids is 1. The number of hydrogen-bond acceptors (Lipinski definition) is 5. The molecule has 2 aromatic heterocycles. The highest BCUT2D eigenvalue weighted by atomic mass is 16.5. The molecule has 3 rings (SSSR count). The van der Waals surface area contributed by atoms with Crippen molar-refractivity contribution in [2.24, 2.45) is 0 Å². The second kappa shape index (κ2) is 7.23. The van der Waals surface area contributed by atoms with Gasteiger partial charge in [0.2, 0.25) is 5.88 Å². The van der Waals surface area contributed by atoms with Gasteiger partial charge in [0, 0.05) is 18.5 Å².